The van der Waals surface area contributed by atoms with Gasteiger partial charge in [-0.25, -0.2) is 9.97 Å². The Morgan fingerprint density at radius 2 is 1.72 bits per heavy atom. The van der Waals surface area contributed by atoms with E-state index >= 15 is 0 Å². The standard InChI is InChI=1S/C24H32N4O/c29-18-24(13-19-7-3-1-4-8-19)14-21-9-10-22(24)28(21)17-20-15-25-23(26-16-20)27-11-5-2-6-12-27/h1,3-4,7-8,15-16,21-22,29H,2,5-6,9-14,17-18H2/t21-,22+,24-/m0/s1. The molecule has 2 aromatic rings. The Labute approximate surface area is 173 Å². The van der Waals surface area contributed by atoms with Crippen LogP contribution in [-0.2, 0) is 13.0 Å². The molecule has 3 fully saturated rings. The Morgan fingerprint density at radius 1 is 0.966 bits per heavy atom. The molecule has 4 heterocycles. The van der Waals surface area contributed by atoms with Gasteiger partial charge < -0.3 is 10.0 Å². The molecule has 2 bridgehead atoms. The van der Waals surface area contributed by atoms with E-state index in [4.69, 9.17) is 0 Å². The first-order valence-electron chi connectivity index (χ1n) is 11.2. The Bertz CT molecular complexity index is 805. The number of rotatable bonds is 6. The lowest BCUT2D eigenvalue weighted by Crippen LogP contribution is -2.41. The van der Waals surface area contributed by atoms with Gasteiger partial charge in [0, 0.05) is 55.1 Å². The summed E-state index contributed by atoms with van der Waals surface area (Å²) in [6, 6.07) is 11.7. The maximum absolute atomic E-state index is 10.4. The third kappa shape index (κ3) is 3.66. The van der Waals surface area contributed by atoms with E-state index in [0.717, 1.165) is 38.4 Å². The zero-order valence-corrected chi connectivity index (χ0v) is 17.2. The summed E-state index contributed by atoms with van der Waals surface area (Å²) in [5.74, 6) is 0.881. The van der Waals surface area contributed by atoms with Crippen LogP contribution >= 0.6 is 0 Å². The molecule has 0 spiro atoms. The van der Waals surface area contributed by atoms with Crippen LogP contribution in [0.1, 0.15) is 49.7 Å². The summed E-state index contributed by atoms with van der Waals surface area (Å²) in [7, 11) is 0. The quantitative estimate of drug-likeness (QED) is 0.816. The number of anilines is 1. The highest BCUT2D eigenvalue weighted by atomic mass is 16.3. The van der Waals surface area contributed by atoms with Gasteiger partial charge in [0.25, 0.3) is 0 Å². The monoisotopic (exact) mass is 392 g/mol. The van der Waals surface area contributed by atoms with Crippen LogP contribution in [0.15, 0.2) is 42.7 Å². The zero-order valence-electron chi connectivity index (χ0n) is 17.2. The van der Waals surface area contributed by atoms with Gasteiger partial charge in [-0.2, -0.15) is 0 Å². The fourth-order valence-corrected chi connectivity index (χ4v) is 5.97. The van der Waals surface area contributed by atoms with Crippen LogP contribution in [0.2, 0.25) is 0 Å². The molecule has 3 aliphatic heterocycles. The van der Waals surface area contributed by atoms with Crippen molar-refractivity contribution in [2.45, 2.75) is 63.6 Å². The van der Waals surface area contributed by atoms with Gasteiger partial charge in [-0.05, 0) is 50.5 Å². The van der Waals surface area contributed by atoms with E-state index < -0.39 is 0 Å². The van der Waals surface area contributed by atoms with E-state index in [-0.39, 0.29) is 12.0 Å². The van der Waals surface area contributed by atoms with Crippen LogP contribution in [0.4, 0.5) is 5.95 Å². The molecule has 0 radical (unpaired) electrons. The Morgan fingerprint density at radius 3 is 2.45 bits per heavy atom. The van der Waals surface area contributed by atoms with Crippen LogP contribution < -0.4 is 4.90 Å². The van der Waals surface area contributed by atoms with E-state index in [9.17, 15) is 5.11 Å². The molecule has 1 aromatic carbocycles. The minimum absolute atomic E-state index is 0.0150. The molecule has 5 rings (SSSR count). The van der Waals surface area contributed by atoms with Gasteiger partial charge >= 0.3 is 0 Å². The molecule has 0 saturated carbocycles. The van der Waals surface area contributed by atoms with Gasteiger partial charge in [-0.1, -0.05) is 30.3 Å². The lowest BCUT2D eigenvalue weighted by molar-refractivity contribution is 0.0750. The van der Waals surface area contributed by atoms with Crippen LogP contribution in [0.3, 0.4) is 0 Å². The van der Waals surface area contributed by atoms with Gasteiger partial charge in [0.1, 0.15) is 0 Å². The topological polar surface area (TPSA) is 52.5 Å². The highest BCUT2D eigenvalue weighted by Gasteiger charge is 2.55. The van der Waals surface area contributed by atoms with Crippen molar-refractivity contribution in [3.05, 3.63) is 53.9 Å². The summed E-state index contributed by atoms with van der Waals surface area (Å²) in [4.78, 5) is 14.3. The SMILES string of the molecule is OC[C@]1(Cc2ccccc2)C[C@@H]2CC[C@H]1N2Cc1cnc(N2CCCCC2)nc1. The molecule has 5 heteroatoms. The average molecular weight is 393 g/mol. The van der Waals surface area contributed by atoms with Crippen molar-refractivity contribution in [3.63, 3.8) is 0 Å². The second-order valence-corrected chi connectivity index (χ2v) is 9.25. The normalized spacial score (nSPS) is 29.5. The number of fused-ring (bicyclic) bond motifs is 2. The molecule has 1 N–H and O–H groups in total. The van der Waals surface area contributed by atoms with E-state index in [1.165, 1.54) is 43.2 Å². The summed E-state index contributed by atoms with van der Waals surface area (Å²) < 4.78 is 0. The van der Waals surface area contributed by atoms with Crippen molar-refractivity contribution in [3.8, 4) is 0 Å². The molecule has 29 heavy (non-hydrogen) atoms. The van der Waals surface area contributed by atoms with Gasteiger partial charge in [0.2, 0.25) is 5.95 Å². The van der Waals surface area contributed by atoms with E-state index in [1.54, 1.807) is 0 Å². The second kappa shape index (κ2) is 8.04. The molecule has 3 saturated heterocycles. The van der Waals surface area contributed by atoms with Gasteiger partial charge in [-0.3, -0.25) is 4.90 Å². The van der Waals surface area contributed by atoms with Crippen LogP contribution in [-0.4, -0.2) is 51.8 Å². The second-order valence-electron chi connectivity index (χ2n) is 9.25. The molecule has 0 amide bonds. The first-order valence-corrected chi connectivity index (χ1v) is 11.2. The summed E-state index contributed by atoms with van der Waals surface area (Å²) in [6.45, 7) is 3.32. The van der Waals surface area contributed by atoms with Gasteiger partial charge in [0.15, 0.2) is 0 Å². The summed E-state index contributed by atoms with van der Waals surface area (Å²) in [5, 5.41) is 10.4. The summed E-state index contributed by atoms with van der Waals surface area (Å²) >= 11 is 0. The molecule has 1 aromatic heterocycles. The van der Waals surface area contributed by atoms with Crippen molar-refractivity contribution in [1.29, 1.82) is 0 Å². The predicted octanol–water partition coefficient (Wildman–Crippen LogP) is 3.43. The average Bonchev–Trinajstić information content (AvgIpc) is 3.30. The molecular formula is C24H32N4O. The number of hydrogen-bond acceptors (Lipinski definition) is 5. The lowest BCUT2D eigenvalue weighted by atomic mass is 9.70. The number of hydrogen-bond donors (Lipinski definition) is 1. The number of benzene rings is 1. The highest BCUT2D eigenvalue weighted by molar-refractivity contribution is 5.30. The molecule has 3 aliphatic rings. The van der Waals surface area contributed by atoms with Crippen molar-refractivity contribution in [1.82, 2.24) is 14.9 Å². The van der Waals surface area contributed by atoms with Crippen LogP contribution in [0.5, 0.6) is 0 Å². The predicted molar refractivity (Wildman–Crippen MR) is 115 cm³/mol. The Kier molecular flexibility index (Phi) is 5.27. The Balaban J connectivity index is 1.29. The van der Waals surface area contributed by atoms with Crippen molar-refractivity contribution in [2.75, 3.05) is 24.6 Å². The van der Waals surface area contributed by atoms with Gasteiger partial charge in [-0.15, -0.1) is 0 Å². The van der Waals surface area contributed by atoms with Gasteiger partial charge in [0.05, 0.1) is 6.61 Å². The summed E-state index contributed by atoms with van der Waals surface area (Å²) in [6.07, 6.45) is 12.3. The third-order valence-electron chi connectivity index (χ3n) is 7.40. The van der Waals surface area contributed by atoms with E-state index in [0.29, 0.717) is 12.1 Å². The largest absolute Gasteiger partial charge is 0.396 e. The molecule has 3 atom stereocenters. The number of nitrogens with zero attached hydrogens (tertiary/aromatic N) is 4. The van der Waals surface area contributed by atoms with Crippen molar-refractivity contribution >= 4 is 5.95 Å². The van der Waals surface area contributed by atoms with E-state index in [2.05, 4.69) is 50.1 Å². The molecule has 5 nitrogen and oxygen atoms in total. The molecular weight excluding hydrogens is 360 g/mol. The molecule has 154 valence electrons. The highest BCUT2D eigenvalue weighted by Crippen LogP contribution is 2.51. The number of aliphatic hydroxyl groups excluding tert-OH is 1. The first kappa shape index (κ1) is 19.0. The molecule has 0 unspecified atom stereocenters. The van der Waals surface area contributed by atoms with Crippen molar-refractivity contribution < 1.29 is 5.11 Å². The van der Waals surface area contributed by atoms with Crippen LogP contribution in [0, 0.1) is 5.41 Å². The fraction of sp³-hybridized carbons (Fsp3) is 0.583. The molecule has 0 aliphatic carbocycles. The lowest BCUT2D eigenvalue weighted by Gasteiger charge is -2.36. The number of piperidine rings is 1. The number of aromatic nitrogens is 2. The minimum atomic E-state index is -0.0150. The maximum atomic E-state index is 10.4. The van der Waals surface area contributed by atoms with Crippen molar-refractivity contribution in [2.24, 2.45) is 5.41 Å². The first-order chi connectivity index (χ1) is 14.3. The third-order valence-corrected chi connectivity index (χ3v) is 7.40. The zero-order chi connectivity index (χ0) is 19.7. The summed E-state index contributed by atoms with van der Waals surface area (Å²) in [5.41, 5.74) is 2.51. The maximum Gasteiger partial charge on any atom is 0.225 e. The van der Waals surface area contributed by atoms with Crippen LogP contribution in [0.25, 0.3) is 0 Å². The fourth-order valence-electron chi connectivity index (χ4n) is 5.97. The van der Waals surface area contributed by atoms with E-state index in [1.807, 2.05) is 12.4 Å². The number of aliphatic hydroxyl groups is 1. The Hall–Kier alpha value is -1.98. The smallest absolute Gasteiger partial charge is 0.225 e. The minimum Gasteiger partial charge on any atom is -0.396 e.